The molecule has 0 radical (unpaired) electrons. The Kier molecular flexibility index (Phi) is 10.3. The van der Waals surface area contributed by atoms with Gasteiger partial charge in [-0.25, -0.2) is 0 Å². The van der Waals surface area contributed by atoms with Crippen molar-refractivity contribution in [3.63, 3.8) is 0 Å². The number of nitrogens with zero attached hydrogens (tertiary/aromatic N) is 1. The Morgan fingerprint density at radius 1 is 0.838 bits per heavy atom. The van der Waals surface area contributed by atoms with E-state index < -0.39 is 10.9 Å². The average molecular weight is 508 g/mol. The van der Waals surface area contributed by atoms with Crippen molar-refractivity contribution in [2.45, 2.75) is 31.5 Å². The minimum absolute atomic E-state index is 0.0422. The van der Waals surface area contributed by atoms with E-state index in [4.69, 9.17) is 14.6 Å². The van der Waals surface area contributed by atoms with Gasteiger partial charge in [-0.15, -0.1) is 0 Å². The van der Waals surface area contributed by atoms with Crippen LogP contribution >= 0.6 is 0 Å². The van der Waals surface area contributed by atoms with Crippen LogP contribution in [0.5, 0.6) is 0 Å². The third-order valence-corrected chi connectivity index (χ3v) is 6.71. The number of ether oxygens (including phenoxy) is 2. The molecule has 0 unspecified atom stereocenters. The highest BCUT2D eigenvalue weighted by molar-refractivity contribution is 5.73. The zero-order valence-electron chi connectivity index (χ0n) is 21.2. The highest BCUT2D eigenvalue weighted by Gasteiger charge is 2.25. The van der Waals surface area contributed by atoms with Crippen molar-refractivity contribution in [2.75, 3.05) is 63.2 Å². The molecule has 3 aromatic carbocycles. The van der Waals surface area contributed by atoms with Gasteiger partial charge < -0.3 is 30.1 Å². The zero-order chi connectivity index (χ0) is 25.9. The third-order valence-electron chi connectivity index (χ3n) is 6.71. The minimum atomic E-state index is -0.490. The monoisotopic (exact) mass is 507 g/mol. The van der Waals surface area contributed by atoms with Gasteiger partial charge in [0.25, 0.3) is 10.9 Å². The van der Waals surface area contributed by atoms with Gasteiger partial charge in [0.1, 0.15) is 17.5 Å². The Hall–Kier alpha value is -3.04. The first-order chi connectivity index (χ1) is 18.2. The summed E-state index contributed by atoms with van der Waals surface area (Å²) in [6, 6.07) is 20.8. The lowest BCUT2D eigenvalue weighted by Crippen LogP contribution is -2.40. The molecule has 1 saturated heterocycles. The molecule has 3 N–H and O–H groups in total. The summed E-state index contributed by atoms with van der Waals surface area (Å²) in [4.78, 5) is 26.2. The van der Waals surface area contributed by atoms with E-state index in [2.05, 4.69) is 64.1 Å². The van der Waals surface area contributed by atoms with Crippen LogP contribution in [0.15, 0.2) is 70.3 Å². The van der Waals surface area contributed by atoms with E-state index in [-0.39, 0.29) is 25.4 Å². The van der Waals surface area contributed by atoms with E-state index in [1.807, 2.05) is 12.1 Å². The number of benzene rings is 2. The Morgan fingerprint density at radius 3 is 1.97 bits per heavy atom. The highest BCUT2D eigenvalue weighted by Crippen LogP contribution is 2.30. The molecule has 37 heavy (non-hydrogen) atoms. The summed E-state index contributed by atoms with van der Waals surface area (Å²) < 4.78 is 11.8. The molecule has 1 heterocycles. The molecule has 0 aromatic heterocycles. The molecule has 1 aliphatic heterocycles. The molecule has 0 saturated carbocycles. The molecule has 8 nitrogen and oxygen atoms in total. The van der Waals surface area contributed by atoms with Crippen LogP contribution in [0.3, 0.4) is 0 Å². The standard InChI is InChI=1S/C29H37N3O5/c33-19-21-36-20-15-31-26-25(27(34)28(26)35)30-14-7-16-32-17-12-24(13-18-32)37-29(22-8-3-1-4-9-22)23-10-5-2-6-11-23/h1-6,8-11,24,29-31,33H,7,12-21H2. The number of piperidine rings is 1. The van der Waals surface area contributed by atoms with Gasteiger partial charge in [0.05, 0.1) is 25.9 Å². The van der Waals surface area contributed by atoms with Crippen molar-refractivity contribution in [3.05, 3.63) is 92.2 Å². The summed E-state index contributed by atoms with van der Waals surface area (Å²) in [7, 11) is 0. The second kappa shape index (κ2) is 14.0. The van der Waals surface area contributed by atoms with Gasteiger partial charge >= 0.3 is 0 Å². The molecule has 198 valence electrons. The van der Waals surface area contributed by atoms with E-state index in [0.29, 0.717) is 31.1 Å². The molecule has 8 heteroatoms. The van der Waals surface area contributed by atoms with Crippen LogP contribution in [-0.2, 0) is 9.47 Å². The van der Waals surface area contributed by atoms with Gasteiger partial charge in [-0.3, -0.25) is 9.59 Å². The second-order valence-corrected chi connectivity index (χ2v) is 9.33. The van der Waals surface area contributed by atoms with Crippen LogP contribution in [-0.4, -0.2) is 68.7 Å². The molecular weight excluding hydrogens is 470 g/mol. The van der Waals surface area contributed by atoms with Crippen LogP contribution in [0.1, 0.15) is 36.5 Å². The molecule has 0 spiro atoms. The maximum atomic E-state index is 11.9. The SMILES string of the molecule is O=c1c(NCCCN2CCC(OC(c3ccccc3)c3ccccc3)CC2)c(NCCOCCO)c1=O. The van der Waals surface area contributed by atoms with Crippen molar-refractivity contribution in [1.82, 2.24) is 4.90 Å². The lowest BCUT2D eigenvalue weighted by Gasteiger charge is -2.34. The largest absolute Gasteiger partial charge is 0.394 e. The van der Waals surface area contributed by atoms with Gasteiger partial charge in [0.15, 0.2) is 0 Å². The minimum Gasteiger partial charge on any atom is -0.394 e. The summed E-state index contributed by atoms with van der Waals surface area (Å²) in [6.45, 7) is 4.47. The fourth-order valence-corrected chi connectivity index (χ4v) is 4.73. The van der Waals surface area contributed by atoms with Gasteiger partial charge in [0, 0.05) is 26.2 Å². The number of hydrogen-bond donors (Lipinski definition) is 3. The third kappa shape index (κ3) is 7.49. The molecule has 0 amide bonds. The molecule has 0 atom stereocenters. The van der Waals surface area contributed by atoms with Crippen LogP contribution < -0.4 is 21.5 Å². The lowest BCUT2D eigenvalue weighted by molar-refractivity contribution is -0.0269. The number of likely N-dealkylation sites (tertiary alicyclic amines) is 1. The molecular formula is C29H37N3O5. The fourth-order valence-electron chi connectivity index (χ4n) is 4.73. The smallest absolute Gasteiger partial charge is 0.253 e. The predicted molar refractivity (Wildman–Crippen MR) is 146 cm³/mol. The van der Waals surface area contributed by atoms with Gasteiger partial charge in [-0.2, -0.15) is 0 Å². The van der Waals surface area contributed by atoms with Crippen LogP contribution in [0.25, 0.3) is 0 Å². The van der Waals surface area contributed by atoms with E-state index in [9.17, 15) is 9.59 Å². The van der Waals surface area contributed by atoms with E-state index in [1.54, 1.807) is 0 Å². The zero-order valence-corrected chi connectivity index (χ0v) is 21.2. The number of hydrogen-bond acceptors (Lipinski definition) is 8. The van der Waals surface area contributed by atoms with Crippen molar-refractivity contribution in [1.29, 1.82) is 0 Å². The van der Waals surface area contributed by atoms with Crippen LogP contribution in [0, 0.1) is 0 Å². The summed E-state index contributed by atoms with van der Waals surface area (Å²) in [6.07, 6.45) is 2.98. The average Bonchev–Trinajstić information content (AvgIpc) is 2.95. The van der Waals surface area contributed by atoms with Crippen molar-refractivity contribution in [2.24, 2.45) is 0 Å². The van der Waals surface area contributed by atoms with Gasteiger partial charge in [-0.1, -0.05) is 60.7 Å². The molecule has 3 aromatic rings. The Bertz CT molecular complexity index is 1100. The highest BCUT2D eigenvalue weighted by atomic mass is 16.5. The van der Waals surface area contributed by atoms with Crippen molar-refractivity contribution < 1.29 is 14.6 Å². The number of aliphatic hydroxyl groups excluding tert-OH is 1. The first kappa shape index (κ1) is 27.0. The van der Waals surface area contributed by atoms with E-state index >= 15 is 0 Å². The quantitative estimate of drug-likeness (QED) is 0.213. The topological polar surface area (TPSA) is 100 Å². The summed E-state index contributed by atoms with van der Waals surface area (Å²) >= 11 is 0. The maximum Gasteiger partial charge on any atom is 0.253 e. The van der Waals surface area contributed by atoms with Crippen LogP contribution in [0.2, 0.25) is 0 Å². The molecule has 1 aliphatic rings. The molecule has 0 aliphatic carbocycles. The fraction of sp³-hybridized carbons (Fsp3) is 0.448. The lowest BCUT2D eigenvalue weighted by atomic mass is 10.00. The Morgan fingerprint density at radius 2 is 1.41 bits per heavy atom. The number of anilines is 2. The van der Waals surface area contributed by atoms with Crippen molar-refractivity contribution in [3.8, 4) is 0 Å². The summed E-state index contributed by atoms with van der Waals surface area (Å²) in [5, 5.41) is 14.8. The summed E-state index contributed by atoms with van der Waals surface area (Å²) in [5.41, 5.74) is 2.09. The molecule has 0 bridgehead atoms. The van der Waals surface area contributed by atoms with E-state index in [1.165, 1.54) is 11.1 Å². The maximum absolute atomic E-state index is 11.9. The number of rotatable bonds is 15. The first-order valence-corrected chi connectivity index (χ1v) is 13.1. The summed E-state index contributed by atoms with van der Waals surface area (Å²) in [5.74, 6) is 0. The Labute approximate surface area is 217 Å². The van der Waals surface area contributed by atoms with Gasteiger partial charge in [0.2, 0.25) is 0 Å². The predicted octanol–water partition coefficient (Wildman–Crippen LogP) is 2.78. The van der Waals surface area contributed by atoms with Crippen molar-refractivity contribution >= 4 is 11.4 Å². The van der Waals surface area contributed by atoms with Crippen LogP contribution in [0.4, 0.5) is 11.4 Å². The normalized spacial score (nSPS) is 14.9. The van der Waals surface area contributed by atoms with Gasteiger partial charge in [-0.05, 0) is 36.9 Å². The first-order valence-electron chi connectivity index (χ1n) is 13.1. The Balaban J connectivity index is 1.18. The number of nitrogens with one attached hydrogen (secondary N) is 2. The molecule has 1 fully saturated rings. The number of aliphatic hydroxyl groups is 1. The molecule has 4 rings (SSSR count). The van der Waals surface area contributed by atoms with E-state index in [0.717, 1.165) is 38.9 Å². The second-order valence-electron chi connectivity index (χ2n) is 9.33.